The lowest BCUT2D eigenvalue weighted by Crippen LogP contribution is -2.11. The Kier molecular flexibility index (Phi) is 2.71. The number of aromatic nitrogens is 2. The van der Waals surface area contributed by atoms with Crippen molar-refractivity contribution in [2.75, 3.05) is 0 Å². The molecule has 1 heterocycles. The maximum absolute atomic E-state index is 4.21. The monoisotopic (exact) mass is 216 g/mol. The van der Waals surface area contributed by atoms with Crippen LogP contribution in [0.5, 0.6) is 0 Å². The first-order chi connectivity index (χ1) is 5.11. The van der Waals surface area contributed by atoms with Crippen molar-refractivity contribution in [3.63, 3.8) is 0 Å². The van der Waals surface area contributed by atoms with Gasteiger partial charge in [-0.3, -0.25) is 4.68 Å². The van der Waals surface area contributed by atoms with Gasteiger partial charge in [0.05, 0.1) is 16.7 Å². The highest BCUT2D eigenvalue weighted by Crippen LogP contribution is 2.17. The van der Waals surface area contributed by atoms with E-state index in [4.69, 9.17) is 0 Å². The summed E-state index contributed by atoms with van der Waals surface area (Å²) in [6.45, 7) is 6.56. The van der Waals surface area contributed by atoms with E-state index in [1.807, 2.05) is 17.1 Å². The predicted molar refractivity (Wildman–Crippen MR) is 49.5 cm³/mol. The predicted octanol–water partition coefficient (Wildman–Crippen LogP) is 2.86. The zero-order valence-corrected chi connectivity index (χ0v) is 8.67. The fourth-order valence-electron chi connectivity index (χ4n) is 0.843. The summed E-state index contributed by atoms with van der Waals surface area (Å²) in [4.78, 5) is 0. The van der Waals surface area contributed by atoms with Crippen molar-refractivity contribution in [1.82, 2.24) is 9.78 Å². The molecule has 1 atom stereocenters. The molecule has 1 rings (SSSR count). The van der Waals surface area contributed by atoms with Crippen molar-refractivity contribution in [1.29, 1.82) is 0 Å². The molecule has 2 nitrogen and oxygen atoms in total. The van der Waals surface area contributed by atoms with Gasteiger partial charge >= 0.3 is 0 Å². The number of rotatable bonds is 2. The summed E-state index contributed by atoms with van der Waals surface area (Å²) in [5, 5.41) is 4.21. The average molecular weight is 217 g/mol. The van der Waals surface area contributed by atoms with Gasteiger partial charge < -0.3 is 0 Å². The molecule has 0 fully saturated rings. The summed E-state index contributed by atoms with van der Waals surface area (Å²) in [6.07, 6.45) is 3.82. The van der Waals surface area contributed by atoms with Crippen LogP contribution < -0.4 is 0 Å². The minimum absolute atomic E-state index is 0.473. The molecular formula is C8H13BrN2. The SMILES string of the molecule is CC(C)C(C)n1cc(Br)cn1. The minimum atomic E-state index is 0.473. The molecule has 0 bridgehead atoms. The van der Waals surface area contributed by atoms with Gasteiger partial charge in [-0.15, -0.1) is 0 Å². The summed E-state index contributed by atoms with van der Waals surface area (Å²) in [5.74, 6) is 0.627. The third kappa shape index (κ3) is 2.06. The summed E-state index contributed by atoms with van der Waals surface area (Å²) < 4.78 is 3.03. The van der Waals surface area contributed by atoms with Gasteiger partial charge in [0.2, 0.25) is 0 Å². The molecule has 0 N–H and O–H groups in total. The number of nitrogens with zero attached hydrogens (tertiary/aromatic N) is 2. The molecule has 0 saturated heterocycles. The molecule has 0 aliphatic carbocycles. The number of hydrogen-bond acceptors (Lipinski definition) is 1. The second-order valence-corrected chi connectivity index (χ2v) is 4.04. The average Bonchev–Trinajstić information content (AvgIpc) is 2.34. The molecule has 0 aliphatic rings. The lowest BCUT2D eigenvalue weighted by molar-refractivity contribution is 0.375. The van der Waals surface area contributed by atoms with Gasteiger partial charge in [-0.1, -0.05) is 13.8 Å². The van der Waals surface area contributed by atoms with Crippen LogP contribution in [0.3, 0.4) is 0 Å². The van der Waals surface area contributed by atoms with E-state index < -0.39 is 0 Å². The fourth-order valence-corrected chi connectivity index (χ4v) is 1.14. The quantitative estimate of drug-likeness (QED) is 0.744. The highest BCUT2D eigenvalue weighted by Gasteiger charge is 2.09. The van der Waals surface area contributed by atoms with Crippen LogP contribution in [-0.4, -0.2) is 9.78 Å². The van der Waals surface area contributed by atoms with Crippen LogP contribution in [0.4, 0.5) is 0 Å². The van der Waals surface area contributed by atoms with Crippen molar-refractivity contribution in [3.8, 4) is 0 Å². The van der Waals surface area contributed by atoms with Crippen molar-refractivity contribution < 1.29 is 0 Å². The first-order valence-electron chi connectivity index (χ1n) is 3.81. The molecule has 0 saturated carbocycles. The van der Waals surface area contributed by atoms with Crippen LogP contribution >= 0.6 is 15.9 Å². The van der Waals surface area contributed by atoms with E-state index in [2.05, 4.69) is 41.8 Å². The van der Waals surface area contributed by atoms with E-state index in [9.17, 15) is 0 Å². The van der Waals surface area contributed by atoms with E-state index in [0.717, 1.165) is 4.47 Å². The number of halogens is 1. The molecule has 1 aromatic heterocycles. The fraction of sp³-hybridized carbons (Fsp3) is 0.625. The van der Waals surface area contributed by atoms with E-state index >= 15 is 0 Å². The molecule has 3 heteroatoms. The molecule has 0 radical (unpaired) electrons. The summed E-state index contributed by atoms with van der Waals surface area (Å²) in [7, 11) is 0. The third-order valence-corrected chi connectivity index (χ3v) is 2.36. The smallest absolute Gasteiger partial charge is 0.0632 e. The number of hydrogen-bond donors (Lipinski definition) is 0. The minimum Gasteiger partial charge on any atom is -0.269 e. The van der Waals surface area contributed by atoms with Crippen LogP contribution in [-0.2, 0) is 0 Å². The van der Waals surface area contributed by atoms with E-state index in [0.29, 0.717) is 12.0 Å². The summed E-state index contributed by atoms with van der Waals surface area (Å²) in [6, 6.07) is 0.473. The van der Waals surface area contributed by atoms with E-state index in [1.54, 1.807) is 0 Å². The maximum Gasteiger partial charge on any atom is 0.0632 e. The molecule has 0 spiro atoms. The molecule has 62 valence electrons. The van der Waals surface area contributed by atoms with Gasteiger partial charge in [0.15, 0.2) is 0 Å². The topological polar surface area (TPSA) is 17.8 Å². The van der Waals surface area contributed by atoms with Gasteiger partial charge in [0, 0.05) is 6.20 Å². The van der Waals surface area contributed by atoms with Crippen LogP contribution in [0.25, 0.3) is 0 Å². The van der Waals surface area contributed by atoms with Crippen LogP contribution in [0.1, 0.15) is 26.8 Å². The largest absolute Gasteiger partial charge is 0.269 e. The van der Waals surface area contributed by atoms with Gasteiger partial charge in [0.25, 0.3) is 0 Å². The van der Waals surface area contributed by atoms with Crippen LogP contribution in [0, 0.1) is 5.92 Å². The molecule has 11 heavy (non-hydrogen) atoms. The standard InChI is InChI=1S/C8H13BrN2/c1-6(2)7(3)11-5-8(9)4-10-11/h4-7H,1-3H3. The molecule has 0 aliphatic heterocycles. The van der Waals surface area contributed by atoms with Crippen molar-refractivity contribution in [3.05, 3.63) is 16.9 Å². The Balaban J connectivity index is 2.76. The molecule has 0 aromatic carbocycles. The maximum atomic E-state index is 4.21. The van der Waals surface area contributed by atoms with Crippen LogP contribution in [0.15, 0.2) is 16.9 Å². The van der Waals surface area contributed by atoms with E-state index in [-0.39, 0.29) is 0 Å². The Morgan fingerprint density at radius 3 is 2.45 bits per heavy atom. The Morgan fingerprint density at radius 1 is 1.45 bits per heavy atom. The van der Waals surface area contributed by atoms with Gasteiger partial charge in [-0.25, -0.2) is 0 Å². The molecule has 1 aromatic rings. The Hall–Kier alpha value is -0.310. The second-order valence-electron chi connectivity index (χ2n) is 3.12. The van der Waals surface area contributed by atoms with Gasteiger partial charge in [-0.05, 0) is 28.8 Å². The van der Waals surface area contributed by atoms with E-state index in [1.165, 1.54) is 0 Å². The Bertz CT molecular complexity index is 230. The third-order valence-electron chi connectivity index (χ3n) is 1.95. The van der Waals surface area contributed by atoms with Gasteiger partial charge in [0.1, 0.15) is 0 Å². The lowest BCUT2D eigenvalue weighted by atomic mass is 10.1. The van der Waals surface area contributed by atoms with Crippen LogP contribution in [0.2, 0.25) is 0 Å². The normalized spacial score (nSPS) is 13.9. The Morgan fingerprint density at radius 2 is 2.09 bits per heavy atom. The summed E-state index contributed by atoms with van der Waals surface area (Å²) >= 11 is 3.37. The first kappa shape index (κ1) is 8.78. The zero-order chi connectivity index (χ0) is 8.43. The highest BCUT2D eigenvalue weighted by molar-refractivity contribution is 9.10. The lowest BCUT2D eigenvalue weighted by Gasteiger charge is -2.15. The van der Waals surface area contributed by atoms with Crippen molar-refractivity contribution in [2.24, 2.45) is 5.92 Å². The summed E-state index contributed by atoms with van der Waals surface area (Å²) in [5.41, 5.74) is 0. The highest BCUT2D eigenvalue weighted by atomic mass is 79.9. The molecule has 0 amide bonds. The van der Waals surface area contributed by atoms with Gasteiger partial charge in [-0.2, -0.15) is 5.10 Å². The Labute approximate surface area is 75.7 Å². The molecular weight excluding hydrogens is 204 g/mol. The zero-order valence-electron chi connectivity index (χ0n) is 7.08. The molecule has 1 unspecified atom stereocenters. The van der Waals surface area contributed by atoms with Crippen molar-refractivity contribution >= 4 is 15.9 Å². The first-order valence-corrected chi connectivity index (χ1v) is 4.60. The van der Waals surface area contributed by atoms with Crippen molar-refractivity contribution in [2.45, 2.75) is 26.8 Å². The second kappa shape index (κ2) is 3.39.